The van der Waals surface area contributed by atoms with Gasteiger partial charge in [-0.05, 0) is 43.5 Å². The minimum Gasteiger partial charge on any atom is -0.296 e. The molecule has 1 aliphatic rings. The van der Waals surface area contributed by atoms with E-state index in [1.54, 1.807) is 6.20 Å². The van der Waals surface area contributed by atoms with E-state index in [9.17, 15) is 0 Å². The Morgan fingerprint density at radius 3 is 3.20 bits per heavy atom. The zero-order chi connectivity index (χ0) is 10.7. The van der Waals surface area contributed by atoms with Crippen LogP contribution in [-0.4, -0.2) is 22.5 Å². The fraction of sp³-hybridized carbons (Fsp3) is 0.583. The molecule has 82 valence electrons. The van der Waals surface area contributed by atoms with Crippen molar-refractivity contribution < 1.29 is 0 Å². The van der Waals surface area contributed by atoms with E-state index in [-0.39, 0.29) is 0 Å². The summed E-state index contributed by atoms with van der Waals surface area (Å²) in [5.41, 5.74) is 1.27. The summed E-state index contributed by atoms with van der Waals surface area (Å²) >= 11 is 5.87. The second-order valence-electron chi connectivity index (χ2n) is 4.16. The highest BCUT2D eigenvalue weighted by Gasteiger charge is 2.22. The van der Waals surface area contributed by atoms with Gasteiger partial charge in [0.1, 0.15) is 5.15 Å². The zero-order valence-corrected chi connectivity index (χ0v) is 9.87. The summed E-state index contributed by atoms with van der Waals surface area (Å²) < 4.78 is 0. The molecule has 1 fully saturated rings. The van der Waals surface area contributed by atoms with Gasteiger partial charge in [0.05, 0.1) is 0 Å². The molecule has 0 aromatic carbocycles. The third kappa shape index (κ3) is 2.70. The van der Waals surface area contributed by atoms with Gasteiger partial charge in [-0.3, -0.25) is 4.90 Å². The smallest absolute Gasteiger partial charge is 0.129 e. The molecule has 0 aliphatic carbocycles. The topological polar surface area (TPSA) is 16.1 Å². The van der Waals surface area contributed by atoms with Crippen molar-refractivity contribution in [2.24, 2.45) is 0 Å². The summed E-state index contributed by atoms with van der Waals surface area (Å²) in [6.07, 6.45) is 5.71. The van der Waals surface area contributed by atoms with Gasteiger partial charge in [-0.2, -0.15) is 0 Å². The third-order valence-corrected chi connectivity index (χ3v) is 3.35. The number of nitrogens with zero attached hydrogens (tertiary/aromatic N) is 2. The van der Waals surface area contributed by atoms with E-state index in [0.717, 1.165) is 12.6 Å². The van der Waals surface area contributed by atoms with Crippen LogP contribution in [0.3, 0.4) is 0 Å². The maximum atomic E-state index is 5.87. The zero-order valence-electron chi connectivity index (χ0n) is 9.12. The Balaban J connectivity index is 2.02. The standard InChI is InChI=1S/C12H17ClN2/c1-2-11-4-3-7-15(11)9-10-5-6-14-12(13)8-10/h5-6,8,11H,2-4,7,9H2,1H3. The van der Waals surface area contributed by atoms with Crippen molar-refractivity contribution in [3.8, 4) is 0 Å². The lowest BCUT2D eigenvalue weighted by Crippen LogP contribution is -2.28. The van der Waals surface area contributed by atoms with Crippen molar-refractivity contribution in [2.75, 3.05) is 6.54 Å². The number of halogens is 1. The van der Waals surface area contributed by atoms with Gasteiger partial charge in [-0.25, -0.2) is 4.98 Å². The summed E-state index contributed by atoms with van der Waals surface area (Å²) in [6, 6.07) is 4.78. The van der Waals surface area contributed by atoms with Crippen molar-refractivity contribution in [1.29, 1.82) is 0 Å². The molecule has 2 rings (SSSR count). The van der Waals surface area contributed by atoms with Gasteiger partial charge in [0.15, 0.2) is 0 Å². The molecule has 0 saturated carbocycles. The SMILES string of the molecule is CCC1CCCN1Cc1ccnc(Cl)c1. The average Bonchev–Trinajstić information content (AvgIpc) is 2.65. The van der Waals surface area contributed by atoms with E-state index in [1.807, 2.05) is 6.07 Å². The summed E-state index contributed by atoms with van der Waals surface area (Å²) in [5, 5.41) is 0.597. The lowest BCUT2D eigenvalue weighted by molar-refractivity contribution is 0.240. The molecule has 1 atom stereocenters. The Hall–Kier alpha value is -0.600. The van der Waals surface area contributed by atoms with Crippen molar-refractivity contribution >= 4 is 11.6 Å². The molecule has 15 heavy (non-hydrogen) atoms. The normalized spacial score (nSPS) is 22.1. The quantitative estimate of drug-likeness (QED) is 0.734. The highest BCUT2D eigenvalue weighted by atomic mass is 35.5. The molecule has 1 aliphatic heterocycles. The third-order valence-electron chi connectivity index (χ3n) is 3.15. The maximum Gasteiger partial charge on any atom is 0.129 e. The Morgan fingerprint density at radius 2 is 2.47 bits per heavy atom. The summed E-state index contributed by atoms with van der Waals surface area (Å²) in [7, 11) is 0. The molecular weight excluding hydrogens is 208 g/mol. The number of aromatic nitrogens is 1. The molecule has 0 spiro atoms. The molecule has 2 heterocycles. The second kappa shape index (κ2) is 4.95. The van der Waals surface area contributed by atoms with Crippen molar-refractivity contribution in [3.05, 3.63) is 29.0 Å². The average molecular weight is 225 g/mol. The Kier molecular flexibility index (Phi) is 3.60. The van der Waals surface area contributed by atoms with Crippen LogP contribution in [0.1, 0.15) is 31.7 Å². The lowest BCUT2D eigenvalue weighted by atomic mass is 10.1. The fourth-order valence-electron chi connectivity index (χ4n) is 2.34. The van der Waals surface area contributed by atoms with Crippen LogP contribution >= 0.6 is 11.6 Å². The van der Waals surface area contributed by atoms with Crippen LogP contribution in [-0.2, 0) is 6.54 Å². The van der Waals surface area contributed by atoms with E-state index < -0.39 is 0 Å². The maximum absolute atomic E-state index is 5.87. The number of pyridine rings is 1. The molecule has 0 radical (unpaired) electrons. The van der Waals surface area contributed by atoms with Gasteiger partial charge in [-0.15, -0.1) is 0 Å². The predicted octanol–water partition coefficient (Wildman–Crippen LogP) is 3.11. The largest absolute Gasteiger partial charge is 0.296 e. The fourth-order valence-corrected chi connectivity index (χ4v) is 2.54. The Bertz CT molecular complexity index is 327. The van der Waals surface area contributed by atoms with Gasteiger partial charge in [-0.1, -0.05) is 18.5 Å². The molecule has 2 nitrogen and oxygen atoms in total. The van der Waals surface area contributed by atoms with E-state index in [0.29, 0.717) is 5.15 Å². The van der Waals surface area contributed by atoms with Crippen LogP contribution < -0.4 is 0 Å². The monoisotopic (exact) mass is 224 g/mol. The minimum absolute atomic E-state index is 0.597. The van der Waals surface area contributed by atoms with Crippen LogP contribution in [0, 0.1) is 0 Å². The predicted molar refractivity (Wildman–Crippen MR) is 63.0 cm³/mol. The summed E-state index contributed by atoms with van der Waals surface area (Å²) in [6.45, 7) is 4.50. The van der Waals surface area contributed by atoms with Gasteiger partial charge >= 0.3 is 0 Å². The van der Waals surface area contributed by atoms with Crippen LogP contribution in [0.5, 0.6) is 0 Å². The van der Waals surface area contributed by atoms with Crippen LogP contribution in [0.4, 0.5) is 0 Å². The number of likely N-dealkylation sites (tertiary alicyclic amines) is 1. The Morgan fingerprint density at radius 1 is 1.60 bits per heavy atom. The van der Waals surface area contributed by atoms with Crippen LogP contribution in [0.15, 0.2) is 18.3 Å². The Labute approximate surface area is 96.3 Å². The van der Waals surface area contributed by atoms with E-state index in [2.05, 4.69) is 22.9 Å². The van der Waals surface area contributed by atoms with Gasteiger partial charge in [0.2, 0.25) is 0 Å². The molecule has 0 bridgehead atoms. The first-order valence-electron chi connectivity index (χ1n) is 5.64. The van der Waals surface area contributed by atoms with E-state index in [4.69, 9.17) is 11.6 Å². The first-order chi connectivity index (χ1) is 7.29. The summed E-state index contributed by atoms with van der Waals surface area (Å²) in [4.78, 5) is 6.55. The molecule has 3 heteroatoms. The number of hydrogen-bond donors (Lipinski definition) is 0. The van der Waals surface area contributed by atoms with Crippen LogP contribution in [0.25, 0.3) is 0 Å². The van der Waals surface area contributed by atoms with Gasteiger partial charge in [0.25, 0.3) is 0 Å². The molecule has 1 aromatic heterocycles. The lowest BCUT2D eigenvalue weighted by Gasteiger charge is -2.23. The van der Waals surface area contributed by atoms with Crippen molar-refractivity contribution in [1.82, 2.24) is 9.88 Å². The van der Waals surface area contributed by atoms with Crippen molar-refractivity contribution in [3.63, 3.8) is 0 Å². The molecular formula is C12H17ClN2. The molecule has 0 amide bonds. The second-order valence-corrected chi connectivity index (χ2v) is 4.55. The molecule has 1 aromatic rings. The highest BCUT2D eigenvalue weighted by Crippen LogP contribution is 2.22. The van der Waals surface area contributed by atoms with E-state index in [1.165, 1.54) is 31.4 Å². The molecule has 1 saturated heterocycles. The number of hydrogen-bond acceptors (Lipinski definition) is 2. The highest BCUT2D eigenvalue weighted by molar-refractivity contribution is 6.29. The van der Waals surface area contributed by atoms with Crippen LogP contribution in [0.2, 0.25) is 5.15 Å². The first kappa shape index (κ1) is 10.9. The number of rotatable bonds is 3. The van der Waals surface area contributed by atoms with E-state index >= 15 is 0 Å². The van der Waals surface area contributed by atoms with Gasteiger partial charge < -0.3 is 0 Å². The van der Waals surface area contributed by atoms with Crippen molar-refractivity contribution in [2.45, 2.75) is 38.8 Å². The molecule has 0 N–H and O–H groups in total. The summed E-state index contributed by atoms with van der Waals surface area (Å²) in [5.74, 6) is 0. The molecule has 1 unspecified atom stereocenters. The minimum atomic E-state index is 0.597. The first-order valence-corrected chi connectivity index (χ1v) is 6.02. The van der Waals surface area contributed by atoms with Gasteiger partial charge in [0, 0.05) is 18.8 Å².